The Labute approximate surface area is 77.3 Å². The van der Waals surface area contributed by atoms with E-state index in [1.807, 2.05) is 0 Å². The van der Waals surface area contributed by atoms with Crippen LogP contribution in [0, 0.1) is 0 Å². The molecule has 1 rings (SSSR count). The molecule has 1 aliphatic rings. The molecule has 5 heteroatoms. The number of hydrogen-bond donors (Lipinski definition) is 2. The topological polar surface area (TPSA) is 75.4 Å². The molecule has 1 fully saturated rings. The Bertz CT molecular complexity index is 206. The number of amides is 2. The van der Waals surface area contributed by atoms with Crippen LogP contribution in [0.1, 0.15) is 12.8 Å². The van der Waals surface area contributed by atoms with E-state index in [1.165, 1.54) is 0 Å². The molecule has 3 N–H and O–H groups in total. The molecule has 5 nitrogen and oxygen atoms in total. The minimum atomic E-state index is -0.487. The fraction of sp³-hybridized carbons (Fsp3) is 0.750. The van der Waals surface area contributed by atoms with Gasteiger partial charge in [0.25, 0.3) is 0 Å². The number of piperazine rings is 1. The Morgan fingerprint density at radius 3 is 2.85 bits per heavy atom. The van der Waals surface area contributed by atoms with Gasteiger partial charge in [0.05, 0.1) is 0 Å². The largest absolute Gasteiger partial charge is 0.346 e. The molecule has 1 aliphatic heterocycles. The maximum absolute atomic E-state index is 11.2. The molecular weight excluding hydrogens is 170 g/mol. The number of unbranched alkanes of at least 4 members (excludes halogenated alkanes) is 1. The van der Waals surface area contributed by atoms with Gasteiger partial charge in [-0.15, -0.1) is 0 Å². The van der Waals surface area contributed by atoms with Crippen molar-refractivity contribution in [3.05, 3.63) is 0 Å². The zero-order valence-electron chi connectivity index (χ0n) is 7.58. The van der Waals surface area contributed by atoms with E-state index in [4.69, 9.17) is 5.73 Å². The first-order valence-corrected chi connectivity index (χ1v) is 4.53. The lowest BCUT2D eigenvalue weighted by Gasteiger charge is -2.26. The second-order valence-corrected chi connectivity index (χ2v) is 3.04. The standard InChI is InChI=1S/C8H15N3O2/c9-3-1-2-5-11-6-4-10-7(12)8(11)13/h1-6,9H2,(H,10,12). The lowest BCUT2D eigenvalue weighted by Crippen LogP contribution is -2.52. The van der Waals surface area contributed by atoms with Crippen molar-refractivity contribution in [1.29, 1.82) is 0 Å². The normalized spacial score (nSPS) is 17.5. The molecule has 1 heterocycles. The molecule has 0 bridgehead atoms. The fourth-order valence-corrected chi connectivity index (χ4v) is 1.29. The molecule has 1 saturated heterocycles. The lowest BCUT2D eigenvalue weighted by atomic mass is 10.2. The van der Waals surface area contributed by atoms with Crippen LogP contribution in [0.15, 0.2) is 0 Å². The van der Waals surface area contributed by atoms with E-state index in [0.717, 1.165) is 12.8 Å². The first-order valence-electron chi connectivity index (χ1n) is 4.53. The summed E-state index contributed by atoms with van der Waals surface area (Å²) < 4.78 is 0. The molecule has 0 aromatic carbocycles. The third-order valence-corrected chi connectivity index (χ3v) is 2.03. The van der Waals surface area contributed by atoms with Crippen molar-refractivity contribution in [2.24, 2.45) is 5.73 Å². The second kappa shape index (κ2) is 4.81. The van der Waals surface area contributed by atoms with Gasteiger partial charge in [0.15, 0.2) is 0 Å². The summed E-state index contributed by atoms with van der Waals surface area (Å²) in [6.07, 6.45) is 1.76. The van der Waals surface area contributed by atoms with Crippen LogP contribution in [-0.4, -0.2) is 42.9 Å². The smallest absolute Gasteiger partial charge is 0.311 e. The van der Waals surface area contributed by atoms with Crippen LogP contribution in [-0.2, 0) is 9.59 Å². The Kier molecular flexibility index (Phi) is 3.70. The van der Waals surface area contributed by atoms with Gasteiger partial charge in [-0.3, -0.25) is 9.59 Å². The number of carbonyl (C=O) groups is 2. The van der Waals surface area contributed by atoms with Gasteiger partial charge in [-0.1, -0.05) is 0 Å². The van der Waals surface area contributed by atoms with Crippen molar-refractivity contribution in [1.82, 2.24) is 10.2 Å². The lowest BCUT2D eigenvalue weighted by molar-refractivity contribution is -0.148. The minimum absolute atomic E-state index is 0.414. The highest BCUT2D eigenvalue weighted by Gasteiger charge is 2.24. The van der Waals surface area contributed by atoms with Crippen molar-refractivity contribution < 1.29 is 9.59 Å². The monoisotopic (exact) mass is 185 g/mol. The summed E-state index contributed by atoms with van der Waals surface area (Å²) in [5, 5.41) is 2.50. The molecule has 0 radical (unpaired) electrons. The first kappa shape index (κ1) is 9.98. The fourth-order valence-electron chi connectivity index (χ4n) is 1.29. The summed E-state index contributed by atoms with van der Waals surface area (Å²) in [6, 6.07) is 0. The van der Waals surface area contributed by atoms with Crippen LogP contribution in [0.3, 0.4) is 0 Å². The summed E-state index contributed by atoms with van der Waals surface area (Å²) in [6.45, 7) is 2.46. The van der Waals surface area contributed by atoms with Crippen molar-refractivity contribution >= 4 is 11.8 Å². The molecule has 13 heavy (non-hydrogen) atoms. The van der Waals surface area contributed by atoms with Crippen LogP contribution >= 0.6 is 0 Å². The van der Waals surface area contributed by atoms with Gasteiger partial charge < -0.3 is 16.0 Å². The van der Waals surface area contributed by atoms with Gasteiger partial charge in [-0.25, -0.2) is 0 Å². The number of nitrogens with two attached hydrogens (primary N) is 1. The SMILES string of the molecule is NCCCCN1CCNC(=O)C1=O. The zero-order chi connectivity index (χ0) is 9.68. The summed E-state index contributed by atoms with van der Waals surface area (Å²) in [5.74, 6) is -0.901. The molecule has 0 aromatic rings. The van der Waals surface area contributed by atoms with Gasteiger partial charge in [-0.05, 0) is 19.4 Å². The van der Waals surface area contributed by atoms with E-state index in [0.29, 0.717) is 26.2 Å². The van der Waals surface area contributed by atoms with Gasteiger partial charge in [0, 0.05) is 19.6 Å². The van der Waals surface area contributed by atoms with E-state index in [-0.39, 0.29) is 0 Å². The number of carbonyl (C=O) groups excluding carboxylic acids is 2. The first-order chi connectivity index (χ1) is 6.25. The number of rotatable bonds is 4. The average Bonchev–Trinajstić information content (AvgIpc) is 2.13. The van der Waals surface area contributed by atoms with Crippen molar-refractivity contribution in [3.63, 3.8) is 0 Å². The van der Waals surface area contributed by atoms with E-state index in [1.54, 1.807) is 4.90 Å². The molecule has 74 valence electrons. The van der Waals surface area contributed by atoms with Crippen LogP contribution in [0.5, 0.6) is 0 Å². The number of hydrogen-bond acceptors (Lipinski definition) is 3. The Hall–Kier alpha value is -1.10. The van der Waals surface area contributed by atoms with Crippen molar-refractivity contribution in [2.75, 3.05) is 26.2 Å². The predicted octanol–water partition coefficient (Wildman–Crippen LogP) is -1.32. The predicted molar refractivity (Wildman–Crippen MR) is 47.9 cm³/mol. The van der Waals surface area contributed by atoms with Gasteiger partial charge in [0.1, 0.15) is 0 Å². The third kappa shape index (κ3) is 2.69. The van der Waals surface area contributed by atoms with E-state index >= 15 is 0 Å². The molecule has 0 spiro atoms. The summed E-state index contributed by atoms with van der Waals surface area (Å²) in [5.41, 5.74) is 5.32. The molecule has 0 aliphatic carbocycles. The summed E-state index contributed by atoms with van der Waals surface area (Å²) >= 11 is 0. The van der Waals surface area contributed by atoms with Crippen LogP contribution < -0.4 is 11.1 Å². The Morgan fingerprint density at radius 1 is 1.38 bits per heavy atom. The maximum Gasteiger partial charge on any atom is 0.311 e. The van der Waals surface area contributed by atoms with Crippen LogP contribution in [0.2, 0.25) is 0 Å². The quantitative estimate of drug-likeness (QED) is 0.421. The van der Waals surface area contributed by atoms with Crippen molar-refractivity contribution in [2.45, 2.75) is 12.8 Å². The van der Waals surface area contributed by atoms with Crippen molar-refractivity contribution in [3.8, 4) is 0 Å². The van der Waals surface area contributed by atoms with Gasteiger partial charge in [-0.2, -0.15) is 0 Å². The van der Waals surface area contributed by atoms with E-state index in [9.17, 15) is 9.59 Å². The Balaban J connectivity index is 2.31. The molecule has 0 unspecified atom stereocenters. The summed E-state index contributed by atoms with van der Waals surface area (Å²) in [4.78, 5) is 23.7. The minimum Gasteiger partial charge on any atom is -0.346 e. The molecular formula is C8H15N3O2. The molecule has 0 aromatic heterocycles. The molecule has 0 atom stereocenters. The highest BCUT2D eigenvalue weighted by molar-refractivity contribution is 6.35. The maximum atomic E-state index is 11.2. The molecule has 0 saturated carbocycles. The zero-order valence-corrected chi connectivity index (χ0v) is 7.58. The summed E-state index contributed by atoms with van der Waals surface area (Å²) in [7, 11) is 0. The highest BCUT2D eigenvalue weighted by Crippen LogP contribution is 1.98. The highest BCUT2D eigenvalue weighted by atomic mass is 16.2. The third-order valence-electron chi connectivity index (χ3n) is 2.03. The van der Waals surface area contributed by atoms with Gasteiger partial charge >= 0.3 is 11.8 Å². The van der Waals surface area contributed by atoms with E-state index in [2.05, 4.69) is 5.32 Å². The van der Waals surface area contributed by atoms with Crippen LogP contribution in [0.4, 0.5) is 0 Å². The number of nitrogens with zero attached hydrogens (tertiary/aromatic N) is 1. The van der Waals surface area contributed by atoms with Gasteiger partial charge in [0.2, 0.25) is 0 Å². The second-order valence-electron chi connectivity index (χ2n) is 3.04. The average molecular weight is 185 g/mol. The molecule has 2 amide bonds. The van der Waals surface area contributed by atoms with Crippen LogP contribution in [0.25, 0.3) is 0 Å². The number of nitrogens with one attached hydrogen (secondary N) is 1. The Morgan fingerprint density at radius 2 is 2.15 bits per heavy atom. The van der Waals surface area contributed by atoms with E-state index < -0.39 is 11.8 Å².